The maximum Gasteiger partial charge on any atom is 0.252 e. The average Bonchev–Trinajstić information content (AvgIpc) is 2.39. The van der Waals surface area contributed by atoms with Crippen molar-refractivity contribution < 1.29 is 15.0 Å². The Labute approximate surface area is 108 Å². The fourth-order valence-electron chi connectivity index (χ4n) is 1.87. The van der Waals surface area contributed by atoms with Gasteiger partial charge in [0.1, 0.15) is 5.75 Å². The van der Waals surface area contributed by atoms with Gasteiger partial charge in [-0.1, -0.05) is 19.9 Å². The van der Waals surface area contributed by atoms with Crippen LogP contribution in [0.2, 0.25) is 0 Å². The van der Waals surface area contributed by atoms with E-state index in [1.165, 1.54) is 0 Å². The highest BCUT2D eigenvalue weighted by Crippen LogP contribution is 2.21. The van der Waals surface area contributed by atoms with Gasteiger partial charge in [0, 0.05) is 11.1 Å². The van der Waals surface area contributed by atoms with Crippen molar-refractivity contribution in [2.75, 3.05) is 6.61 Å². The van der Waals surface area contributed by atoms with Crippen LogP contribution in [-0.2, 0) is 0 Å². The van der Waals surface area contributed by atoms with E-state index in [4.69, 9.17) is 0 Å². The van der Waals surface area contributed by atoms with Crippen LogP contribution in [-0.4, -0.2) is 28.3 Å². The first-order chi connectivity index (χ1) is 8.49. The molecule has 1 aromatic rings. The van der Waals surface area contributed by atoms with E-state index in [2.05, 4.69) is 5.32 Å². The molecule has 0 saturated carbocycles. The van der Waals surface area contributed by atoms with Gasteiger partial charge in [-0.25, -0.2) is 0 Å². The Bertz CT molecular complexity index is 417. The Morgan fingerprint density at radius 1 is 1.33 bits per heavy atom. The zero-order valence-electron chi connectivity index (χ0n) is 11.2. The number of amides is 1. The summed E-state index contributed by atoms with van der Waals surface area (Å²) in [5.74, 6) is -0.161. The molecule has 0 atom stereocenters. The van der Waals surface area contributed by atoms with Gasteiger partial charge >= 0.3 is 0 Å². The largest absolute Gasteiger partial charge is 0.508 e. The highest BCUT2D eigenvalue weighted by molar-refractivity contribution is 5.96. The normalized spacial score (nSPS) is 11.3. The van der Waals surface area contributed by atoms with Crippen molar-refractivity contribution in [3.8, 4) is 5.75 Å². The molecular formula is C14H21NO3. The van der Waals surface area contributed by atoms with Crippen LogP contribution in [0.1, 0.15) is 42.6 Å². The number of aliphatic hydroxyl groups excluding tert-OH is 1. The molecule has 1 amide bonds. The minimum atomic E-state index is -0.588. The highest BCUT2D eigenvalue weighted by atomic mass is 16.3. The molecule has 0 fully saturated rings. The van der Waals surface area contributed by atoms with E-state index < -0.39 is 5.54 Å². The molecule has 0 saturated heterocycles. The zero-order valence-corrected chi connectivity index (χ0v) is 11.2. The maximum absolute atomic E-state index is 12.2. The number of aliphatic hydroxyl groups is 1. The SMILES string of the molecule is CCC(CC)(CO)NC(=O)c1cccc(O)c1C. The number of hydrogen-bond acceptors (Lipinski definition) is 3. The first-order valence-electron chi connectivity index (χ1n) is 6.21. The van der Waals surface area contributed by atoms with Gasteiger partial charge < -0.3 is 15.5 Å². The van der Waals surface area contributed by atoms with E-state index in [0.717, 1.165) is 0 Å². The van der Waals surface area contributed by atoms with Crippen LogP contribution in [0.5, 0.6) is 5.75 Å². The van der Waals surface area contributed by atoms with Gasteiger partial charge in [0.25, 0.3) is 5.91 Å². The second kappa shape index (κ2) is 5.87. The quantitative estimate of drug-likeness (QED) is 0.749. The molecule has 0 aliphatic rings. The molecule has 100 valence electrons. The minimum Gasteiger partial charge on any atom is -0.508 e. The first kappa shape index (κ1) is 14.5. The molecule has 0 bridgehead atoms. The van der Waals surface area contributed by atoms with E-state index in [1.54, 1.807) is 25.1 Å². The minimum absolute atomic E-state index is 0.0936. The van der Waals surface area contributed by atoms with Gasteiger partial charge in [0.2, 0.25) is 0 Å². The van der Waals surface area contributed by atoms with Gasteiger partial charge in [0.15, 0.2) is 0 Å². The molecule has 1 aromatic carbocycles. The summed E-state index contributed by atoms with van der Waals surface area (Å²) in [5, 5.41) is 21.9. The fourth-order valence-corrected chi connectivity index (χ4v) is 1.87. The molecule has 0 heterocycles. The van der Waals surface area contributed by atoms with Gasteiger partial charge in [-0.2, -0.15) is 0 Å². The van der Waals surface area contributed by atoms with Crippen LogP contribution in [0, 0.1) is 6.92 Å². The number of phenols is 1. The van der Waals surface area contributed by atoms with E-state index >= 15 is 0 Å². The Morgan fingerprint density at radius 3 is 2.44 bits per heavy atom. The van der Waals surface area contributed by atoms with Crippen molar-refractivity contribution >= 4 is 5.91 Å². The zero-order chi connectivity index (χ0) is 13.8. The van der Waals surface area contributed by atoms with Crippen molar-refractivity contribution in [3.05, 3.63) is 29.3 Å². The molecule has 0 radical (unpaired) electrons. The summed E-state index contributed by atoms with van der Waals surface area (Å²) in [6.45, 7) is 5.46. The number of benzene rings is 1. The Hall–Kier alpha value is -1.55. The Morgan fingerprint density at radius 2 is 1.94 bits per heavy atom. The van der Waals surface area contributed by atoms with Crippen molar-refractivity contribution in [1.29, 1.82) is 0 Å². The molecular weight excluding hydrogens is 230 g/mol. The van der Waals surface area contributed by atoms with E-state index in [0.29, 0.717) is 24.0 Å². The Balaban J connectivity index is 2.98. The van der Waals surface area contributed by atoms with Crippen LogP contribution in [0.4, 0.5) is 0 Å². The summed E-state index contributed by atoms with van der Waals surface area (Å²) >= 11 is 0. The number of carbonyl (C=O) groups excluding carboxylic acids is 1. The van der Waals surface area contributed by atoms with Gasteiger partial charge in [-0.15, -0.1) is 0 Å². The summed E-state index contributed by atoms with van der Waals surface area (Å²) < 4.78 is 0. The summed E-state index contributed by atoms with van der Waals surface area (Å²) in [6.07, 6.45) is 1.31. The lowest BCUT2D eigenvalue weighted by Crippen LogP contribution is -2.50. The lowest BCUT2D eigenvalue weighted by Gasteiger charge is -2.31. The third kappa shape index (κ3) is 2.82. The van der Waals surface area contributed by atoms with Gasteiger partial charge in [-0.3, -0.25) is 4.79 Å². The van der Waals surface area contributed by atoms with Crippen molar-refractivity contribution in [3.63, 3.8) is 0 Å². The summed E-state index contributed by atoms with van der Waals surface area (Å²) in [7, 11) is 0. The Kier molecular flexibility index (Phi) is 4.73. The fraction of sp³-hybridized carbons (Fsp3) is 0.500. The molecule has 0 aliphatic heterocycles. The van der Waals surface area contributed by atoms with Crippen LogP contribution in [0.25, 0.3) is 0 Å². The topological polar surface area (TPSA) is 69.6 Å². The molecule has 4 heteroatoms. The summed E-state index contributed by atoms with van der Waals surface area (Å²) in [4.78, 5) is 12.2. The van der Waals surface area contributed by atoms with E-state index in [1.807, 2.05) is 13.8 Å². The number of hydrogen-bond donors (Lipinski definition) is 3. The maximum atomic E-state index is 12.2. The van der Waals surface area contributed by atoms with Crippen LogP contribution >= 0.6 is 0 Å². The number of aromatic hydroxyl groups is 1. The molecule has 0 unspecified atom stereocenters. The average molecular weight is 251 g/mol. The summed E-state index contributed by atoms with van der Waals surface area (Å²) in [6, 6.07) is 4.85. The predicted octanol–water partition coefficient (Wildman–Crippen LogP) is 1.98. The second-order valence-electron chi connectivity index (χ2n) is 4.55. The van der Waals surface area contributed by atoms with E-state index in [9.17, 15) is 15.0 Å². The van der Waals surface area contributed by atoms with Crippen LogP contribution in [0.3, 0.4) is 0 Å². The molecule has 3 N–H and O–H groups in total. The molecule has 18 heavy (non-hydrogen) atoms. The standard InChI is InChI=1S/C14H21NO3/c1-4-14(5-2,9-16)15-13(18)11-7-6-8-12(17)10(11)3/h6-8,16-17H,4-5,9H2,1-3H3,(H,15,18). The third-order valence-corrected chi connectivity index (χ3v) is 3.58. The van der Waals surface area contributed by atoms with Crippen molar-refractivity contribution in [2.24, 2.45) is 0 Å². The van der Waals surface area contributed by atoms with Gasteiger partial charge in [0.05, 0.1) is 12.1 Å². The van der Waals surface area contributed by atoms with Crippen molar-refractivity contribution in [1.82, 2.24) is 5.32 Å². The molecule has 0 aromatic heterocycles. The first-order valence-corrected chi connectivity index (χ1v) is 6.21. The number of phenolic OH excluding ortho intramolecular Hbond substituents is 1. The number of carbonyl (C=O) groups is 1. The van der Waals surface area contributed by atoms with Crippen molar-refractivity contribution in [2.45, 2.75) is 39.2 Å². The van der Waals surface area contributed by atoms with Crippen LogP contribution < -0.4 is 5.32 Å². The van der Waals surface area contributed by atoms with E-state index in [-0.39, 0.29) is 18.3 Å². The third-order valence-electron chi connectivity index (χ3n) is 3.58. The lowest BCUT2D eigenvalue weighted by molar-refractivity contribution is 0.0817. The highest BCUT2D eigenvalue weighted by Gasteiger charge is 2.28. The number of rotatable bonds is 5. The molecule has 4 nitrogen and oxygen atoms in total. The molecule has 0 spiro atoms. The van der Waals surface area contributed by atoms with Gasteiger partial charge in [-0.05, 0) is 31.9 Å². The lowest BCUT2D eigenvalue weighted by atomic mass is 9.93. The smallest absolute Gasteiger partial charge is 0.252 e. The van der Waals surface area contributed by atoms with Crippen LogP contribution in [0.15, 0.2) is 18.2 Å². The predicted molar refractivity (Wildman–Crippen MR) is 70.7 cm³/mol. The molecule has 0 aliphatic carbocycles. The monoisotopic (exact) mass is 251 g/mol. The molecule has 1 rings (SSSR count). The second-order valence-corrected chi connectivity index (χ2v) is 4.55. The number of nitrogens with one attached hydrogen (secondary N) is 1. The summed E-state index contributed by atoms with van der Waals surface area (Å²) in [5.41, 5.74) is 0.401.